The predicted octanol–water partition coefficient (Wildman–Crippen LogP) is 18.2. The van der Waals surface area contributed by atoms with Gasteiger partial charge < -0.3 is 0 Å². The number of aromatic nitrogens is 7. The normalized spacial score (nSPS) is 14.7. The van der Waals surface area contributed by atoms with E-state index in [1.54, 1.807) is 0 Å². The summed E-state index contributed by atoms with van der Waals surface area (Å²) in [7, 11) is 0. The molecule has 2 aliphatic carbocycles. The van der Waals surface area contributed by atoms with Crippen LogP contribution in [0.15, 0.2) is 231 Å². The number of para-hydroxylation sites is 2. The molecule has 1 aliphatic heterocycles. The van der Waals surface area contributed by atoms with E-state index in [0.29, 0.717) is 35.2 Å². The van der Waals surface area contributed by atoms with Crippen molar-refractivity contribution in [1.82, 2.24) is 34.5 Å². The van der Waals surface area contributed by atoms with Crippen LogP contribution in [0.4, 0.5) is 17.3 Å². The summed E-state index contributed by atoms with van der Waals surface area (Å²) in [5.74, 6) is 3.50. The summed E-state index contributed by atoms with van der Waals surface area (Å²) in [6.45, 7) is 14.1. The van der Waals surface area contributed by atoms with Crippen LogP contribution in [0.25, 0.3) is 107 Å². The molecule has 16 rings (SSSR count). The highest BCUT2D eigenvalue weighted by Crippen LogP contribution is 2.60. The van der Waals surface area contributed by atoms with Gasteiger partial charge in [-0.2, -0.15) is 19.9 Å². The molecule has 0 radical (unpaired) electrons. The van der Waals surface area contributed by atoms with Gasteiger partial charge in [0.15, 0.2) is 23.3 Å². The Morgan fingerprint density at radius 2 is 0.795 bits per heavy atom. The van der Waals surface area contributed by atoms with E-state index in [1.165, 1.54) is 61.0 Å². The van der Waals surface area contributed by atoms with Crippen LogP contribution in [0, 0.1) is 0 Å². The molecule has 0 unspecified atom stereocenters. The van der Waals surface area contributed by atoms with Crippen molar-refractivity contribution in [2.45, 2.75) is 57.8 Å². The molecule has 8 heteroatoms. The first kappa shape index (κ1) is 48.7. The lowest BCUT2D eigenvalue weighted by atomic mass is 9.70. The van der Waals surface area contributed by atoms with Gasteiger partial charge in [-0.25, -0.2) is 9.97 Å². The Labute approximate surface area is 482 Å². The van der Waals surface area contributed by atoms with Crippen molar-refractivity contribution < 1.29 is 0 Å². The maximum atomic E-state index is 5.49. The molecule has 396 valence electrons. The first-order chi connectivity index (χ1) is 40.4. The zero-order valence-corrected chi connectivity index (χ0v) is 47.0. The zero-order chi connectivity index (χ0) is 55.9. The minimum absolute atomic E-state index is 0.143. The lowest BCUT2D eigenvalue weighted by molar-refractivity contribution is 0.616. The van der Waals surface area contributed by atoms with Crippen molar-refractivity contribution in [2.75, 3.05) is 4.90 Å². The van der Waals surface area contributed by atoms with Crippen molar-refractivity contribution >= 4 is 39.1 Å². The number of benzene rings is 10. The van der Waals surface area contributed by atoms with Gasteiger partial charge in [-0.1, -0.05) is 242 Å². The van der Waals surface area contributed by atoms with E-state index in [9.17, 15) is 0 Å². The van der Waals surface area contributed by atoms with Crippen LogP contribution in [0.5, 0.6) is 0 Å². The molecule has 4 heterocycles. The summed E-state index contributed by atoms with van der Waals surface area (Å²) in [4.78, 5) is 34.4. The first-order valence-corrected chi connectivity index (χ1v) is 28.6. The molecule has 10 aromatic carbocycles. The SMILES string of the molecule is CC1(C)c2ccccc2-c2cc3c(cc21)c1ccccc1n3-c1nc(-c2ccccc2)nc(-c2cccc(-c3ccc(-c4nc(-c5ccccc5)nc(N5c6ccccc6C(C)(C)c6ccc7c(c65)C(C)(C)c5ccccc5-7)n4)cc3)c2)n1. The van der Waals surface area contributed by atoms with E-state index in [2.05, 4.69) is 245 Å². The molecular weight excluding hydrogens is 1010 g/mol. The quantitative estimate of drug-likeness (QED) is 0.157. The third-order valence-corrected chi connectivity index (χ3v) is 18.1. The first-order valence-electron chi connectivity index (χ1n) is 28.6. The molecule has 83 heavy (non-hydrogen) atoms. The Kier molecular flexibility index (Phi) is 10.5. The Bertz CT molecular complexity index is 4820. The van der Waals surface area contributed by atoms with Crippen molar-refractivity contribution in [3.8, 4) is 84.9 Å². The Hall–Kier alpha value is -10.2. The van der Waals surface area contributed by atoms with Crippen molar-refractivity contribution in [3.05, 3.63) is 264 Å². The average molecular weight is 1070 g/mol. The number of nitrogens with zero attached hydrogens (tertiary/aromatic N) is 8. The molecule has 13 aromatic rings. The van der Waals surface area contributed by atoms with Crippen LogP contribution in [-0.2, 0) is 16.2 Å². The maximum Gasteiger partial charge on any atom is 0.238 e. The van der Waals surface area contributed by atoms with Gasteiger partial charge in [0.25, 0.3) is 0 Å². The third-order valence-electron chi connectivity index (χ3n) is 18.1. The minimum Gasteiger partial charge on any atom is -0.278 e. The van der Waals surface area contributed by atoms with Gasteiger partial charge in [0.05, 0.1) is 22.4 Å². The van der Waals surface area contributed by atoms with Crippen molar-refractivity contribution in [3.63, 3.8) is 0 Å². The molecule has 3 aromatic heterocycles. The topological polar surface area (TPSA) is 85.5 Å². The Balaban J connectivity index is 0.818. The summed E-state index contributed by atoms with van der Waals surface area (Å²) < 4.78 is 2.23. The van der Waals surface area contributed by atoms with Gasteiger partial charge in [0.2, 0.25) is 11.9 Å². The van der Waals surface area contributed by atoms with Crippen LogP contribution < -0.4 is 4.90 Å². The number of rotatable bonds is 7. The highest BCUT2D eigenvalue weighted by atomic mass is 15.3. The largest absolute Gasteiger partial charge is 0.278 e. The molecule has 0 saturated carbocycles. The van der Waals surface area contributed by atoms with Crippen LogP contribution >= 0.6 is 0 Å². The molecular formula is C75H56N8. The highest BCUT2D eigenvalue weighted by molar-refractivity contribution is 6.11. The van der Waals surface area contributed by atoms with E-state index in [4.69, 9.17) is 29.9 Å². The van der Waals surface area contributed by atoms with Gasteiger partial charge in [0.1, 0.15) is 0 Å². The van der Waals surface area contributed by atoms with Gasteiger partial charge in [0, 0.05) is 49.3 Å². The summed E-state index contributed by atoms with van der Waals surface area (Å²) in [5.41, 5.74) is 21.9. The minimum atomic E-state index is -0.304. The number of hydrogen-bond donors (Lipinski definition) is 0. The van der Waals surface area contributed by atoms with E-state index >= 15 is 0 Å². The van der Waals surface area contributed by atoms with Crippen LogP contribution in [0.3, 0.4) is 0 Å². The molecule has 3 aliphatic rings. The standard InChI is InChI=1S/C75H56N8/c1-73(2)57-31-16-14-29-52(57)55-44-64-56(43-61(55)73)53-30-15-19-34-62(53)82(64)71-78-68(47-24-11-8-12-25-47)77-70(81-71)50-27-21-26-49(42-50)45-36-38-48(39-37-45)69-76-67(46-22-9-7-10-23-46)79-72(80-69)83-63-35-20-18-33-59(63)74(3,4)60-41-40-54-51-28-13-17-32-58(51)75(5,6)65(54)66(60)83/h7-44H,1-6H3. The van der Waals surface area contributed by atoms with Crippen LogP contribution in [0.1, 0.15) is 74.9 Å². The van der Waals surface area contributed by atoms with Gasteiger partial charge in [-0.3, -0.25) is 9.47 Å². The third kappa shape index (κ3) is 7.31. The van der Waals surface area contributed by atoms with Crippen LogP contribution in [0.2, 0.25) is 0 Å². The fourth-order valence-corrected chi connectivity index (χ4v) is 13.9. The van der Waals surface area contributed by atoms with Gasteiger partial charge >= 0.3 is 0 Å². The second-order valence-electron chi connectivity index (χ2n) is 23.9. The lowest BCUT2D eigenvalue weighted by Gasteiger charge is -2.43. The van der Waals surface area contributed by atoms with E-state index in [-0.39, 0.29) is 16.2 Å². The fraction of sp³-hybridized carbons (Fsp3) is 0.120. The molecule has 0 saturated heterocycles. The molecule has 0 amide bonds. The second kappa shape index (κ2) is 17.9. The van der Waals surface area contributed by atoms with Crippen LogP contribution in [-0.4, -0.2) is 34.5 Å². The molecule has 0 atom stereocenters. The van der Waals surface area contributed by atoms with Gasteiger partial charge in [-0.15, -0.1) is 0 Å². The zero-order valence-electron chi connectivity index (χ0n) is 47.0. The Morgan fingerprint density at radius 3 is 1.48 bits per heavy atom. The second-order valence-corrected chi connectivity index (χ2v) is 23.9. The van der Waals surface area contributed by atoms with Crippen molar-refractivity contribution in [1.29, 1.82) is 0 Å². The van der Waals surface area contributed by atoms with Gasteiger partial charge in [-0.05, 0) is 97.1 Å². The number of fused-ring (bicyclic) bond motifs is 12. The monoisotopic (exact) mass is 1070 g/mol. The molecule has 0 fully saturated rings. The molecule has 0 bridgehead atoms. The van der Waals surface area contributed by atoms with E-state index in [1.807, 2.05) is 36.4 Å². The molecule has 0 N–H and O–H groups in total. The maximum absolute atomic E-state index is 5.49. The lowest BCUT2D eigenvalue weighted by Crippen LogP contribution is -2.34. The average Bonchev–Trinajstić information content (AvgIpc) is 2.26. The predicted molar refractivity (Wildman–Crippen MR) is 337 cm³/mol. The summed E-state index contributed by atoms with van der Waals surface area (Å²) in [6.07, 6.45) is 0. The number of anilines is 3. The Morgan fingerprint density at radius 1 is 0.289 bits per heavy atom. The van der Waals surface area contributed by atoms with E-state index < -0.39 is 0 Å². The number of hydrogen-bond acceptors (Lipinski definition) is 7. The van der Waals surface area contributed by atoms with E-state index in [0.717, 1.165) is 61.2 Å². The molecule has 8 nitrogen and oxygen atoms in total. The smallest absolute Gasteiger partial charge is 0.238 e. The summed E-state index contributed by atoms with van der Waals surface area (Å²) in [5, 5.41) is 2.32. The van der Waals surface area contributed by atoms with Crippen molar-refractivity contribution in [2.24, 2.45) is 0 Å². The highest BCUT2D eigenvalue weighted by Gasteiger charge is 2.46. The molecule has 0 spiro atoms. The summed E-state index contributed by atoms with van der Waals surface area (Å²) in [6, 6.07) is 82.0. The fourth-order valence-electron chi connectivity index (χ4n) is 13.9. The summed E-state index contributed by atoms with van der Waals surface area (Å²) >= 11 is 0.